The summed E-state index contributed by atoms with van der Waals surface area (Å²) in [6.07, 6.45) is 42.1. The Balaban J connectivity index is 1.54. The molecule has 0 saturated heterocycles. The lowest BCUT2D eigenvalue weighted by atomic mass is 10.1. The standard InChI is InChI=1S/C80H131N7O8/c1-7-11-14-17-26-35-49-65-92-73(88)55-39-29-20-23-32-45-59-85(60-46-33-24-21-30-40-56-74(89)93-66-50-36-27-18-15-12-8-2)63-52-64-86(61-47-34-25-22-31-41-57-75(90)94-67-51-37-28-19-16-13-9-3)62-48-38-42-58-76(91)95-80(5,6)69-87-72(68-82-10-4)84-77-78(87)70-53-43-44-54-71(70)83-79(77)81/h43-44,53-54,82H,7-34,38-42,45-48,52,55-69H2,1-6H3,(H2,81,83). The summed E-state index contributed by atoms with van der Waals surface area (Å²) in [5, 5.41) is 4.38. The number of unbranched alkanes of at least 4 members (excludes halogenated alkanes) is 29. The van der Waals surface area contributed by atoms with E-state index in [1.165, 1.54) is 96.3 Å². The molecule has 0 spiro atoms. The van der Waals surface area contributed by atoms with Crippen LogP contribution in [0.5, 0.6) is 0 Å². The van der Waals surface area contributed by atoms with Crippen LogP contribution in [0, 0.1) is 35.5 Å². The number of carbonyl (C=O) groups excluding carboxylic acids is 4. The second-order valence-corrected chi connectivity index (χ2v) is 26.8. The van der Waals surface area contributed by atoms with Crippen molar-refractivity contribution < 1.29 is 38.1 Å². The number of fused-ring (bicyclic) bond motifs is 3. The number of nitrogens with zero attached hydrogens (tertiary/aromatic N) is 5. The van der Waals surface area contributed by atoms with Crippen LogP contribution >= 0.6 is 0 Å². The molecule has 2 heterocycles. The number of nitrogens with two attached hydrogens (primary N) is 1. The minimum absolute atomic E-state index is 0.138. The highest BCUT2D eigenvalue weighted by molar-refractivity contribution is 6.06. The van der Waals surface area contributed by atoms with Crippen molar-refractivity contribution in [2.24, 2.45) is 0 Å². The molecule has 0 radical (unpaired) electrons. The van der Waals surface area contributed by atoms with Crippen molar-refractivity contribution in [1.82, 2.24) is 29.7 Å². The maximum absolute atomic E-state index is 13.6. The lowest BCUT2D eigenvalue weighted by Gasteiger charge is -2.27. The second kappa shape index (κ2) is 56.4. The van der Waals surface area contributed by atoms with E-state index in [9.17, 15) is 19.2 Å². The summed E-state index contributed by atoms with van der Waals surface area (Å²) >= 11 is 0. The van der Waals surface area contributed by atoms with Crippen LogP contribution in [-0.4, -0.2) is 119 Å². The average molecular weight is 1320 g/mol. The van der Waals surface area contributed by atoms with Crippen molar-refractivity contribution in [3.05, 3.63) is 30.1 Å². The van der Waals surface area contributed by atoms with Gasteiger partial charge in [-0.25, -0.2) is 9.97 Å². The second-order valence-electron chi connectivity index (χ2n) is 26.8. The van der Waals surface area contributed by atoms with Crippen LogP contribution in [0.1, 0.15) is 311 Å². The van der Waals surface area contributed by atoms with E-state index in [2.05, 4.69) is 87.9 Å². The summed E-state index contributed by atoms with van der Waals surface area (Å²) in [4.78, 5) is 65.5. The van der Waals surface area contributed by atoms with Gasteiger partial charge in [0, 0.05) is 50.3 Å². The molecular weight excluding hydrogens is 1190 g/mol. The predicted octanol–water partition coefficient (Wildman–Crippen LogP) is 17.9. The normalized spacial score (nSPS) is 11.4. The Hall–Kier alpha value is -5.66. The quantitative estimate of drug-likeness (QED) is 0.0236. The van der Waals surface area contributed by atoms with E-state index in [1.807, 2.05) is 38.1 Å². The van der Waals surface area contributed by atoms with E-state index in [4.69, 9.17) is 29.7 Å². The fourth-order valence-electron chi connectivity index (χ4n) is 12.0. The first-order valence-electron chi connectivity index (χ1n) is 38.2. The predicted molar refractivity (Wildman–Crippen MR) is 392 cm³/mol. The third kappa shape index (κ3) is 42.6. The maximum Gasteiger partial charge on any atom is 0.306 e. The molecule has 1 aromatic carbocycles. The van der Waals surface area contributed by atoms with Crippen LogP contribution in [0.15, 0.2) is 24.3 Å². The molecule has 0 saturated carbocycles. The van der Waals surface area contributed by atoms with Crippen molar-refractivity contribution in [2.45, 2.75) is 323 Å². The molecule has 3 N–H and O–H groups in total. The highest BCUT2D eigenvalue weighted by Gasteiger charge is 2.28. The molecular formula is C80H131N7O8. The third-order valence-corrected chi connectivity index (χ3v) is 17.5. The smallest absolute Gasteiger partial charge is 0.306 e. The lowest BCUT2D eigenvalue weighted by molar-refractivity contribution is -0.158. The fraction of sp³-hybridized carbons (Fsp3) is 0.750. The summed E-state index contributed by atoms with van der Waals surface area (Å²) in [5.41, 5.74) is 8.06. The number of pyridine rings is 1. The third-order valence-electron chi connectivity index (χ3n) is 17.5. The Morgan fingerprint density at radius 1 is 0.463 bits per heavy atom. The highest BCUT2D eigenvalue weighted by Crippen LogP contribution is 2.31. The number of carbonyl (C=O) groups is 4. The van der Waals surface area contributed by atoms with Gasteiger partial charge in [-0.15, -0.1) is 0 Å². The van der Waals surface area contributed by atoms with E-state index in [1.54, 1.807) is 0 Å². The molecule has 3 rings (SSSR count). The molecule has 3 aromatic rings. The molecule has 0 fully saturated rings. The first-order valence-corrected chi connectivity index (χ1v) is 38.2. The van der Waals surface area contributed by atoms with E-state index < -0.39 is 5.60 Å². The summed E-state index contributed by atoms with van der Waals surface area (Å²) < 4.78 is 24.5. The van der Waals surface area contributed by atoms with Crippen molar-refractivity contribution in [3.8, 4) is 35.5 Å². The van der Waals surface area contributed by atoms with Crippen molar-refractivity contribution >= 4 is 51.6 Å². The van der Waals surface area contributed by atoms with Gasteiger partial charge in [-0.1, -0.05) is 223 Å². The Bertz CT molecular complexity index is 2650. The number of hydrogen-bond donors (Lipinski definition) is 2. The van der Waals surface area contributed by atoms with Crippen LogP contribution in [-0.2, 0) is 51.2 Å². The van der Waals surface area contributed by atoms with Crippen molar-refractivity contribution in [2.75, 3.05) is 71.4 Å². The van der Waals surface area contributed by atoms with Gasteiger partial charge in [0.2, 0.25) is 0 Å². The number of esters is 4. The number of hydrogen-bond acceptors (Lipinski definition) is 14. The largest absolute Gasteiger partial charge is 0.458 e. The number of nitrogen functional groups attached to an aromatic ring is 1. The Labute approximate surface area is 577 Å². The molecule has 534 valence electrons. The molecule has 0 atom stereocenters. The molecule has 0 aliphatic rings. The van der Waals surface area contributed by atoms with Gasteiger partial charge >= 0.3 is 23.9 Å². The number of imidazole rings is 1. The summed E-state index contributed by atoms with van der Waals surface area (Å²) in [5.74, 6) is 19.0. The average Bonchev–Trinajstić information content (AvgIpc) is 1.63. The number of aromatic nitrogens is 3. The molecule has 95 heavy (non-hydrogen) atoms. The van der Waals surface area contributed by atoms with Crippen LogP contribution in [0.3, 0.4) is 0 Å². The SMILES string of the molecule is CCCCCCC#CCOC(=O)CCCCCCCCN(CCCCCCCCC(=O)OCC#CCCCCCC)CCCN(CCCCCCCCC(=O)OCC#CCCCCCC)CCCCCC(=O)OC(C)(C)Cn1c(CNCC)nc2c(N)nc3ccccc3c21. The maximum atomic E-state index is 13.6. The van der Waals surface area contributed by atoms with Gasteiger partial charge in [0.05, 0.1) is 24.1 Å². The van der Waals surface area contributed by atoms with E-state index in [0.29, 0.717) is 50.1 Å². The summed E-state index contributed by atoms with van der Waals surface area (Å²) in [7, 11) is 0. The van der Waals surface area contributed by atoms with Gasteiger partial charge < -0.3 is 44.4 Å². The van der Waals surface area contributed by atoms with Crippen LogP contribution < -0.4 is 11.1 Å². The Morgan fingerprint density at radius 2 is 0.832 bits per heavy atom. The zero-order chi connectivity index (χ0) is 68.5. The zero-order valence-electron chi connectivity index (χ0n) is 60.9. The Morgan fingerprint density at radius 3 is 1.25 bits per heavy atom. The summed E-state index contributed by atoms with van der Waals surface area (Å²) in [6.45, 7) is 21.3. The van der Waals surface area contributed by atoms with Gasteiger partial charge in [-0.05, 0) is 143 Å². The first kappa shape index (κ1) is 83.6. The van der Waals surface area contributed by atoms with Crippen LogP contribution in [0.25, 0.3) is 21.9 Å². The van der Waals surface area contributed by atoms with Crippen molar-refractivity contribution in [3.63, 3.8) is 0 Å². The molecule has 0 aliphatic heterocycles. The van der Waals surface area contributed by atoms with Crippen LogP contribution in [0.2, 0.25) is 0 Å². The number of ether oxygens (including phenoxy) is 4. The first-order chi connectivity index (χ1) is 46.4. The minimum atomic E-state index is -0.799. The number of rotatable bonds is 58. The molecule has 15 heteroatoms. The molecule has 15 nitrogen and oxygen atoms in total. The van der Waals surface area contributed by atoms with Gasteiger partial charge in [-0.2, -0.15) is 0 Å². The number of nitrogens with one attached hydrogen (secondary N) is 1. The van der Waals surface area contributed by atoms with E-state index >= 15 is 0 Å². The highest BCUT2D eigenvalue weighted by atomic mass is 16.6. The fourth-order valence-corrected chi connectivity index (χ4v) is 12.0. The van der Waals surface area contributed by atoms with Gasteiger partial charge in [-0.3, -0.25) is 19.2 Å². The Kier molecular flexibility index (Phi) is 49.6. The topological polar surface area (TPSA) is 180 Å². The summed E-state index contributed by atoms with van der Waals surface area (Å²) in [6, 6.07) is 7.97. The number of benzene rings is 1. The zero-order valence-corrected chi connectivity index (χ0v) is 60.9. The molecule has 2 aromatic heterocycles. The molecule has 0 aliphatic carbocycles. The van der Waals surface area contributed by atoms with Crippen LogP contribution in [0.4, 0.5) is 5.82 Å². The van der Waals surface area contributed by atoms with Gasteiger partial charge in [0.25, 0.3) is 0 Å². The van der Waals surface area contributed by atoms with E-state index in [-0.39, 0.29) is 43.7 Å². The molecule has 0 bridgehead atoms. The van der Waals surface area contributed by atoms with E-state index in [0.717, 1.165) is 209 Å². The monoisotopic (exact) mass is 1320 g/mol. The van der Waals surface area contributed by atoms with Gasteiger partial charge in [0.15, 0.2) is 25.6 Å². The molecule has 0 amide bonds. The van der Waals surface area contributed by atoms with Crippen molar-refractivity contribution in [1.29, 1.82) is 0 Å². The minimum Gasteiger partial charge on any atom is -0.458 e. The molecule has 0 unspecified atom stereocenters. The van der Waals surface area contributed by atoms with Gasteiger partial charge in [0.1, 0.15) is 16.9 Å². The number of para-hydroxylation sites is 1. The lowest BCUT2D eigenvalue weighted by Crippen LogP contribution is -2.34. The number of anilines is 1.